The summed E-state index contributed by atoms with van der Waals surface area (Å²) in [5.41, 5.74) is 0. The summed E-state index contributed by atoms with van der Waals surface area (Å²) < 4.78 is 22.4. The van der Waals surface area contributed by atoms with Crippen LogP contribution in [-0.2, 0) is 18.9 Å². The molecule has 0 aliphatic carbocycles. The van der Waals surface area contributed by atoms with Gasteiger partial charge in [0.2, 0.25) is 0 Å². The van der Waals surface area contributed by atoms with Gasteiger partial charge in [-0.25, -0.2) is 4.79 Å². The van der Waals surface area contributed by atoms with Gasteiger partial charge in [0.15, 0.2) is 6.29 Å². The molecule has 1 unspecified atom stereocenters. The third-order valence-electron chi connectivity index (χ3n) is 7.96. The predicted molar refractivity (Wildman–Crippen MR) is 180 cm³/mol. The molecule has 0 saturated heterocycles. The fraction of sp³-hybridized carbons (Fsp3) is 0.972. The van der Waals surface area contributed by atoms with Gasteiger partial charge in [0.1, 0.15) is 6.61 Å². The molecule has 43 heavy (non-hydrogen) atoms. The van der Waals surface area contributed by atoms with Gasteiger partial charge in [-0.1, -0.05) is 162 Å². The van der Waals surface area contributed by atoms with E-state index in [1.54, 1.807) is 0 Å². The number of carbonyl (C=O) groups excluding carboxylic acids is 1. The van der Waals surface area contributed by atoms with Crippen molar-refractivity contribution in [2.75, 3.05) is 46.2 Å². The van der Waals surface area contributed by atoms with Crippen LogP contribution in [-0.4, -0.2) is 63.7 Å². The van der Waals surface area contributed by atoms with Crippen LogP contribution in [0.5, 0.6) is 0 Å². The van der Waals surface area contributed by atoms with Crippen molar-refractivity contribution >= 4 is 6.09 Å². The van der Waals surface area contributed by atoms with Crippen molar-refractivity contribution < 1.29 is 28.8 Å². The Morgan fingerprint density at radius 3 is 1.28 bits per heavy atom. The highest BCUT2D eigenvalue weighted by Crippen LogP contribution is 2.14. The number of rotatable bonds is 36. The third-order valence-corrected chi connectivity index (χ3v) is 7.96. The standard InChI is InChI=1S/C36H73NO6/c1-3-5-7-9-11-13-15-17-19-21-23-25-27-31-42-35(34-43-36(39)37-28-32-40-33-29-38)41-30-26-24-22-20-18-16-14-12-10-8-6-4-2/h35,38H,3-34H2,1-2H3,(H,37,39). The average molecular weight is 616 g/mol. The molecule has 1 amide bonds. The average Bonchev–Trinajstić information content (AvgIpc) is 3.01. The van der Waals surface area contributed by atoms with E-state index in [0.29, 0.717) is 26.4 Å². The lowest BCUT2D eigenvalue weighted by Crippen LogP contribution is -2.32. The zero-order chi connectivity index (χ0) is 31.3. The summed E-state index contributed by atoms with van der Waals surface area (Å²) in [6, 6.07) is 0. The van der Waals surface area contributed by atoms with Gasteiger partial charge in [0.25, 0.3) is 0 Å². The lowest BCUT2D eigenvalue weighted by molar-refractivity contribution is -0.164. The van der Waals surface area contributed by atoms with Crippen molar-refractivity contribution in [2.45, 2.75) is 181 Å². The van der Waals surface area contributed by atoms with Crippen LogP contribution in [0, 0.1) is 0 Å². The number of aliphatic hydroxyl groups is 1. The molecule has 0 aromatic heterocycles. The van der Waals surface area contributed by atoms with Crippen LogP contribution in [0.25, 0.3) is 0 Å². The molecule has 258 valence electrons. The minimum atomic E-state index is -0.526. The third kappa shape index (κ3) is 35.5. The molecule has 0 aromatic rings. The highest BCUT2D eigenvalue weighted by molar-refractivity contribution is 5.67. The second-order valence-corrected chi connectivity index (χ2v) is 12.2. The fourth-order valence-corrected chi connectivity index (χ4v) is 5.22. The molecule has 0 spiro atoms. The Kier molecular flexibility index (Phi) is 36.5. The van der Waals surface area contributed by atoms with E-state index >= 15 is 0 Å². The number of unbranched alkanes of at least 4 members (excludes halogenated alkanes) is 23. The first-order chi connectivity index (χ1) is 21.2. The van der Waals surface area contributed by atoms with Crippen molar-refractivity contribution in [3.05, 3.63) is 0 Å². The van der Waals surface area contributed by atoms with Gasteiger partial charge >= 0.3 is 6.09 Å². The summed E-state index contributed by atoms with van der Waals surface area (Å²) in [5, 5.41) is 11.4. The molecular weight excluding hydrogens is 542 g/mol. The quantitative estimate of drug-likeness (QED) is 0.0539. The van der Waals surface area contributed by atoms with Crippen LogP contribution in [0.15, 0.2) is 0 Å². The molecule has 0 aliphatic heterocycles. The second kappa shape index (κ2) is 37.3. The molecular formula is C36H73NO6. The molecule has 2 N–H and O–H groups in total. The first-order valence-electron chi connectivity index (χ1n) is 18.6. The Hall–Kier alpha value is -0.890. The molecule has 0 saturated carbocycles. The molecule has 0 heterocycles. The molecule has 0 aromatic carbocycles. The minimum absolute atomic E-state index is 0.0285. The molecule has 7 nitrogen and oxygen atoms in total. The van der Waals surface area contributed by atoms with Crippen LogP contribution < -0.4 is 5.32 Å². The van der Waals surface area contributed by atoms with Crippen molar-refractivity contribution in [1.29, 1.82) is 0 Å². The summed E-state index contributed by atoms with van der Waals surface area (Å²) in [6.45, 7) is 6.79. The Labute approximate surface area is 266 Å². The van der Waals surface area contributed by atoms with Crippen LogP contribution >= 0.6 is 0 Å². The van der Waals surface area contributed by atoms with Gasteiger partial charge in [0.05, 0.1) is 19.8 Å². The maximum absolute atomic E-state index is 12.0. The highest BCUT2D eigenvalue weighted by atomic mass is 16.7. The van der Waals surface area contributed by atoms with Gasteiger partial charge in [-0.3, -0.25) is 0 Å². The predicted octanol–water partition coefficient (Wildman–Crippen LogP) is 9.87. The maximum Gasteiger partial charge on any atom is 0.407 e. The zero-order valence-electron chi connectivity index (χ0n) is 28.7. The highest BCUT2D eigenvalue weighted by Gasteiger charge is 2.13. The van der Waals surface area contributed by atoms with E-state index in [9.17, 15) is 4.79 Å². The van der Waals surface area contributed by atoms with E-state index in [4.69, 9.17) is 24.1 Å². The molecule has 0 fully saturated rings. The van der Waals surface area contributed by atoms with E-state index < -0.39 is 12.4 Å². The molecule has 0 bridgehead atoms. The number of alkyl carbamates (subject to hydrolysis) is 1. The van der Waals surface area contributed by atoms with Crippen molar-refractivity contribution in [3.8, 4) is 0 Å². The number of hydrogen-bond acceptors (Lipinski definition) is 6. The normalized spacial score (nSPS) is 12.1. The van der Waals surface area contributed by atoms with Crippen LogP contribution in [0.3, 0.4) is 0 Å². The molecule has 0 radical (unpaired) electrons. The number of ether oxygens (including phenoxy) is 4. The first kappa shape index (κ1) is 42.1. The van der Waals surface area contributed by atoms with E-state index in [0.717, 1.165) is 25.7 Å². The van der Waals surface area contributed by atoms with E-state index in [-0.39, 0.29) is 19.8 Å². The van der Waals surface area contributed by atoms with Gasteiger partial charge in [0, 0.05) is 19.8 Å². The van der Waals surface area contributed by atoms with Gasteiger partial charge < -0.3 is 29.4 Å². The Morgan fingerprint density at radius 1 is 0.535 bits per heavy atom. The van der Waals surface area contributed by atoms with Gasteiger partial charge in [-0.05, 0) is 12.8 Å². The van der Waals surface area contributed by atoms with Gasteiger partial charge in [-0.15, -0.1) is 0 Å². The lowest BCUT2D eigenvalue weighted by atomic mass is 10.0. The summed E-state index contributed by atoms with van der Waals surface area (Å²) in [4.78, 5) is 12.0. The Balaban J connectivity index is 3.96. The van der Waals surface area contributed by atoms with Gasteiger partial charge in [-0.2, -0.15) is 0 Å². The Morgan fingerprint density at radius 2 is 0.907 bits per heavy atom. The first-order valence-corrected chi connectivity index (χ1v) is 18.6. The molecule has 0 rings (SSSR count). The topological polar surface area (TPSA) is 86.3 Å². The monoisotopic (exact) mass is 616 g/mol. The van der Waals surface area contributed by atoms with Crippen LogP contribution in [0.2, 0.25) is 0 Å². The minimum Gasteiger partial charge on any atom is -0.444 e. The number of carbonyl (C=O) groups is 1. The van der Waals surface area contributed by atoms with Crippen LogP contribution in [0.1, 0.15) is 174 Å². The molecule has 7 heteroatoms. The summed E-state index contributed by atoms with van der Waals surface area (Å²) in [6.07, 6.45) is 31.8. The molecule has 0 aliphatic rings. The van der Waals surface area contributed by atoms with E-state index in [1.165, 1.54) is 135 Å². The number of nitrogens with one attached hydrogen (secondary N) is 1. The van der Waals surface area contributed by atoms with Crippen LogP contribution in [0.4, 0.5) is 4.79 Å². The zero-order valence-corrected chi connectivity index (χ0v) is 28.7. The van der Waals surface area contributed by atoms with E-state index in [1.807, 2.05) is 0 Å². The second-order valence-electron chi connectivity index (χ2n) is 12.2. The molecule has 1 atom stereocenters. The lowest BCUT2D eigenvalue weighted by Gasteiger charge is -2.19. The SMILES string of the molecule is CCCCCCCCCCCCCCCOC(COC(=O)NCCOCCO)OCCCCCCCCCCCCCC. The number of hydrogen-bond donors (Lipinski definition) is 2. The smallest absolute Gasteiger partial charge is 0.407 e. The number of aliphatic hydroxyl groups excluding tert-OH is 1. The Bertz CT molecular complexity index is 536. The van der Waals surface area contributed by atoms with E-state index in [2.05, 4.69) is 19.2 Å². The van der Waals surface area contributed by atoms with Crippen molar-refractivity contribution in [1.82, 2.24) is 5.32 Å². The fourth-order valence-electron chi connectivity index (χ4n) is 5.22. The van der Waals surface area contributed by atoms with Crippen molar-refractivity contribution in [3.63, 3.8) is 0 Å². The largest absolute Gasteiger partial charge is 0.444 e. The maximum atomic E-state index is 12.0. The summed E-state index contributed by atoms with van der Waals surface area (Å²) in [7, 11) is 0. The van der Waals surface area contributed by atoms with Crippen molar-refractivity contribution in [2.24, 2.45) is 0 Å². The summed E-state index contributed by atoms with van der Waals surface area (Å²) >= 11 is 0. The number of amides is 1. The summed E-state index contributed by atoms with van der Waals surface area (Å²) in [5.74, 6) is 0.